The monoisotopic (exact) mass is 366 g/mol. The van der Waals surface area contributed by atoms with Crippen molar-refractivity contribution in [3.63, 3.8) is 0 Å². The molecule has 2 aromatic heterocycles. The topological polar surface area (TPSA) is 57.3 Å². The van der Waals surface area contributed by atoms with Crippen molar-refractivity contribution in [2.24, 2.45) is 0 Å². The predicted molar refractivity (Wildman–Crippen MR) is 83.9 cm³/mol. The quantitative estimate of drug-likeness (QED) is 0.710. The number of hydrogen-bond acceptors (Lipinski definition) is 5. The lowest BCUT2D eigenvalue weighted by atomic mass is 10.2. The van der Waals surface area contributed by atoms with Crippen molar-refractivity contribution in [2.75, 3.05) is 7.11 Å². The van der Waals surface area contributed by atoms with Crippen LogP contribution in [0.15, 0.2) is 49.4 Å². The van der Waals surface area contributed by atoms with Gasteiger partial charge in [-0.05, 0) is 45.1 Å². The van der Waals surface area contributed by atoms with E-state index in [1.54, 1.807) is 7.11 Å². The van der Waals surface area contributed by atoms with Crippen molar-refractivity contribution in [3.8, 4) is 16.5 Å². The van der Waals surface area contributed by atoms with Gasteiger partial charge >= 0.3 is 5.76 Å². The summed E-state index contributed by atoms with van der Waals surface area (Å²) < 4.78 is 12.5. The highest BCUT2D eigenvalue weighted by atomic mass is 79.9. The number of hydrogen-bond donors (Lipinski definition) is 0. The number of aromatic nitrogens is 2. The van der Waals surface area contributed by atoms with Crippen molar-refractivity contribution in [1.29, 1.82) is 0 Å². The first-order valence-electron chi connectivity index (χ1n) is 6.11. The molecule has 0 saturated carbocycles. The zero-order valence-corrected chi connectivity index (χ0v) is 13.5. The molecule has 0 fully saturated rings. The molecule has 3 aromatic rings. The first kappa shape index (κ1) is 14.1. The first-order valence-corrected chi connectivity index (χ1v) is 7.79. The molecule has 21 heavy (non-hydrogen) atoms. The average Bonchev–Trinajstić information content (AvgIpc) is 3.10. The fourth-order valence-electron chi connectivity index (χ4n) is 1.89. The second-order valence-corrected chi connectivity index (χ2v) is 6.08. The summed E-state index contributed by atoms with van der Waals surface area (Å²) in [4.78, 5) is 12.7. The molecule has 3 rings (SSSR count). The summed E-state index contributed by atoms with van der Waals surface area (Å²) in [5.41, 5.74) is 0.927. The Morgan fingerprint density at radius 3 is 2.95 bits per heavy atom. The number of benzene rings is 1. The van der Waals surface area contributed by atoms with Crippen LogP contribution in [0.5, 0.6) is 5.75 Å². The summed E-state index contributed by atoms with van der Waals surface area (Å²) in [6, 6.07) is 9.37. The van der Waals surface area contributed by atoms with Crippen molar-refractivity contribution >= 4 is 27.3 Å². The Kier molecular flexibility index (Phi) is 3.94. The molecule has 7 heteroatoms. The van der Waals surface area contributed by atoms with Gasteiger partial charge in [-0.3, -0.25) is 0 Å². The minimum atomic E-state index is -0.467. The molecular weight excluding hydrogens is 356 g/mol. The summed E-state index contributed by atoms with van der Waals surface area (Å²) >= 11 is 4.90. The molecule has 0 bridgehead atoms. The van der Waals surface area contributed by atoms with Gasteiger partial charge in [0.25, 0.3) is 5.89 Å². The highest BCUT2D eigenvalue weighted by Crippen LogP contribution is 2.26. The summed E-state index contributed by atoms with van der Waals surface area (Å²) in [6.07, 6.45) is 0. The number of nitrogens with zero attached hydrogens (tertiary/aromatic N) is 2. The molecule has 108 valence electrons. The zero-order valence-electron chi connectivity index (χ0n) is 11.1. The zero-order chi connectivity index (χ0) is 14.8. The minimum absolute atomic E-state index is 0.344. The molecule has 0 aliphatic heterocycles. The summed E-state index contributed by atoms with van der Waals surface area (Å²) in [5.74, 6) is 0.624. The van der Waals surface area contributed by atoms with Crippen molar-refractivity contribution < 1.29 is 9.15 Å². The smallest absolute Gasteiger partial charge is 0.437 e. The maximum atomic E-state index is 11.8. The van der Waals surface area contributed by atoms with Crippen LogP contribution in [-0.2, 0) is 6.54 Å². The summed E-state index contributed by atoms with van der Waals surface area (Å²) in [5, 5.41) is 6.13. The number of thiophene rings is 1. The standard InChI is InChI=1S/C14H11BrN2O3S/c1-19-11-5-4-9(7-10(11)15)8-17-14(18)20-13(16-17)12-3-2-6-21-12/h2-7H,8H2,1H3. The van der Waals surface area contributed by atoms with E-state index in [1.807, 2.05) is 35.7 Å². The molecule has 0 aliphatic carbocycles. The SMILES string of the molecule is COc1ccc(Cn2nc(-c3cccs3)oc2=O)cc1Br. The van der Waals surface area contributed by atoms with Gasteiger partial charge in [-0.2, -0.15) is 4.68 Å². The molecule has 0 unspecified atom stereocenters. The van der Waals surface area contributed by atoms with Gasteiger partial charge in [-0.1, -0.05) is 12.1 Å². The maximum absolute atomic E-state index is 11.8. The first-order chi connectivity index (χ1) is 10.2. The van der Waals surface area contributed by atoms with Crippen LogP contribution in [0.25, 0.3) is 10.8 Å². The second kappa shape index (κ2) is 5.87. The van der Waals surface area contributed by atoms with E-state index in [9.17, 15) is 4.79 Å². The molecule has 0 saturated heterocycles. The Balaban J connectivity index is 1.88. The molecule has 0 atom stereocenters. The fraction of sp³-hybridized carbons (Fsp3) is 0.143. The van der Waals surface area contributed by atoms with Crippen LogP contribution in [0.1, 0.15) is 5.56 Å². The Morgan fingerprint density at radius 1 is 1.43 bits per heavy atom. The van der Waals surface area contributed by atoms with E-state index >= 15 is 0 Å². The third-order valence-corrected chi connectivity index (χ3v) is 4.36. The van der Waals surface area contributed by atoms with Gasteiger partial charge < -0.3 is 9.15 Å². The summed E-state index contributed by atoms with van der Waals surface area (Å²) in [6.45, 7) is 0.344. The van der Waals surface area contributed by atoms with Crippen molar-refractivity contribution in [2.45, 2.75) is 6.54 Å². The largest absolute Gasteiger partial charge is 0.496 e. The van der Waals surface area contributed by atoms with E-state index in [2.05, 4.69) is 21.0 Å². The molecule has 1 aromatic carbocycles. The highest BCUT2D eigenvalue weighted by molar-refractivity contribution is 9.10. The van der Waals surface area contributed by atoms with Crippen molar-refractivity contribution in [1.82, 2.24) is 9.78 Å². The van der Waals surface area contributed by atoms with Gasteiger partial charge in [-0.15, -0.1) is 16.4 Å². The maximum Gasteiger partial charge on any atom is 0.437 e. The van der Waals surface area contributed by atoms with Crippen LogP contribution < -0.4 is 10.5 Å². The van der Waals surface area contributed by atoms with Gasteiger partial charge in [-0.25, -0.2) is 4.79 Å². The Hall–Kier alpha value is -1.86. The highest BCUT2D eigenvalue weighted by Gasteiger charge is 2.12. The van der Waals surface area contributed by atoms with Crippen molar-refractivity contribution in [3.05, 3.63) is 56.3 Å². The number of ether oxygens (including phenoxy) is 1. The third-order valence-electron chi connectivity index (χ3n) is 2.89. The van der Waals surface area contributed by atoms with Crippen LogP contribution in [0, 0.1) is 0 Å². The third kappa shape index (κ3) is 2.93. The van der Waals surface area contributed by atoms with Gasteiger partial charge in [0.1, 0.15) is 5.75 Å². The van der Waals surface area contributed by atoms with Crippen LogP contribution in [0.4, 0.5) is 0 Å². The lowest BCUT2D eigenvalue weighted by Crippen LogP contribution is -2.16. The van der Waals surface area contributed by atoms with Gasteiger partial charge in [0.15, 0.2) is 0 Å². The second-order valence-electron chi connectivity index (χ2n) is 4.28. The van der Waals surface area contributed by atoms with Crippen LogP contribution in [0.2, 0.25) is 0 Å². The lowest BCUT2D eigenvalue weighted by molar-refractivity contribution is 0.412. The number of rotatable bonds is 4. The van der Waals surface area contributed by atoms with E-state index in [4.69, 9.17) is 9.15 Å². The normalized spacial score (nSPS) is 10.8. The Bertz CT molecular complexity index is 808. The van der Waals surface area contributed by atoms with E-state index < -0.39 is 5.76 Å². The minimum Gasteiger partial charge on any atom is -0.496 e. The van der Waals surface area contributed by atoms with E-state index in [-0.39, 0.29) is 0 Å². The van der Waals surface area contributed by atoms with Crippen LogP contribution >= 0.6 is 27.3 Å². The molecule has 2 heterocycles. The Labute approximate surface area is 132 Å². The van der Waals surface area contributed by atoms with E-state index in [1.165, 1.54) is 16.0 Å². The Morgan fingerprint density at radius 2 is 2.29 bits per heavy atom. The summed E-state index contributed by atoms with van der Waals surface area (Å²) in [7, 11) is 1.61. The molecule has 0 aliphatic rings. The number of halogens is 1. The molecule has 5 nitrogen and oxygen atoms in total. The molecule has 0 N–H and O–H groups in total. The van der Waals surface area contributed by atoms with Gasteiger partial charge in [0.2, 0.25) is 0 Å². The fourth-order valence-corrected chi connectivity index (χ4v) is 3.12. The number of methoxy groups -OCH3 is 1. The molecule has 0 amide bonds. The molecular formula is C14H11BrN2O3S. The lowest BCUT2D eigenvalue weighted by Gasteiger charge is -2.05. The average molecular weight is 367 g/mol. The van der Waals surface area contributed by atoms with Gasteiger partial charge in [0.05, 0.1) is 23.0 Å². The predicted octanol–water partition coefficient (Wildman–Crippen LogP) is 3.38. The van der Waals surface area contributed by atoms with Crippen LogP contribution in [-0.4, -0.2) is 16.9 Å². The van der Waals surface area contributed by atoms with Gasteiger partial charge in [0, 0.05) is 0 Å². The van der Waals surface area contributed by atoms with E-state index in [0.717, 1.165) is 20.7 Å². The van der Waals surface area contributed by atoms with Crippen LogP contribution in [0.3, 0.4) is 0 Å². The molecule has 0 spiro atoms. The molecule has 0 radical (unpaired) electrons. The van der Waals surface area contributed by atoms with E-state index in [0.29, 0.717) is 12.4 Å².